The molecule has 5 nitrogen and oxygen atoms in total. The van der Waals surface area contributed by atoms with E-state index in [9.17, 15) is 4.79 Å². The third kappa shape index (κ3) is 4.16. The lowest BCUT2D eigenvalue weighted by Crippen LogP contribution is -2.08. The third-order valence-electron chi connectivity index (χ3n) is 3.25. The number of para-hydroxylation sites is 1. The molecular formula is C18H20O5. The van der Waals surface area contributed by atoms with Crippen LogP contribution in [0.1, 0.15) is 22.8 Å². The number of benzene rings is 2. The minimum absolute atomic E-state index is 0.0830. The number of methoxy groups -OCH3 is 2. The zero-order chi connectivity index (χ0) is 16.7. The molecule has 0 saturated heterocycles. The molecule has 0 amide bonds. The van der Waals surface area contributed by atoms with E-state index in [0.717, 1.165) is 5.56 Å². The van der Waals surface area contributed by atoms with Crippen LogP contribution in [0.5, 0.6) is 17.2 Å². The number of carbonyl (C=O) groups is 1. The molecule has 0 spiro atoms. The van der Waals surface area contributed by atoms with Crippen LogP contribution in [-0.2, 0) is 11.3 Å². The molecular weight excluding hydrogens is 296 g/mol. The van der Waals surface area contributed by atoms with E-state index in [-0.39, 0.29) is 6.61 Å². The molecule has 0 aliphatic heterocycles. The normalized spacial score (nSPS) is 10.0. The van der Waals surface area contributed by atoms with Gasteiger partial charge in [-0.2, -0.15) is 0 Å². The largest absolute Gasteiger partial charge is 0.497 e. The summed E-state index contributed by atoms with van der Waals surface area (Å²) in [5, 5.41) is 0. The van der Waals surface area contributed by atoms with Crippen molar-refractivity contribution in [1.29, 1.82) is 0 Å². The lowest BCUT2D eigenvalue weighted by molar-refractivity contribution is 0.0465. The average Bonchev–Trinajstić information content (AvgIpc) is 2.60. The molecule has 2 aromatic carbocycles. The van der Waals surface area contributed by atoms with Gasteiger partial charge < -0.3 is 18.9 Å². The maximum Gasteiger partial charge on any atom is 0.342 e. The zero-order valence-corrected chi connectivity index (χ0v) is 13.5. The smallest absolute Gasteiger partial charge is 0.342 e. The molecule has 0 aromatic heterocycles. The van der Waals surface area contributed by atoms with Crippen molar-refractivity contribution in [2.45, 2.75) is 13.5 Å². The van der Waals surface area contributed by atoms with Gasteiger partial charge in [-0.15, -0.1) is 0 Å². The van der Waals surface area contributed by atoms with E-state index in [1.807, 2.05) is 13.0 Å². The van der Waals surface area contributed by atoms with Crippen LogP contribution >= 0.6 is 0 Å². The molecule has 2 rings (SSSR count). The van der Waals surface area contributed by atoms with Crippen LogP contribution in [0.15, 0.2) is 42.5 Å². The Hall–Kier alpha value is -2.69. The first-order chi connectivity index (χ1) is 11.2. The topological polar surface area (TPSA) is 54.0 Å². The molecule has 0 heterocycles. The standard InChI is InChI=1S/C18H20O5/c1-4-22-17-8-6-5-7-15(17)18(19)23-12-13-11-14(20-2)9-10-16(13)21-3/h5-11H,4,12H2,1-3H3. The highest BCUT2D eigenvalue weighted by Crippen LogP contribution is 2.26. The second-order valence-corrected chi connectivity index (χ2v) is 4.68. The minimum Gasteiger partial charge on any atom is -0.497 e. The number of esters is 1. The van der Waals surface area contributed by atoms with Gasteiger partial charge in [-0.05, 0) is 37.3 Å². The summed E-state index contributed by atoms with van der Waals surface area (Å²) < 4.78 is 21.3. The highest BCUT2D eigenvalue weighted by Gasteiger charge is 2.15. The van der Waals surface area contributed by atoms with Gasteiger partial charge >= 0.3 is 5.97 Å². The maximum atomic E-state index is 12.3. The van der Waals surface area contributed by atoms with E-state index in [4.69, 9.17) is 18.9 Å². The van der Waals surface area contributed by atoms with Crippen molar-refractivity contribution < 1.29 is 23.7 Å². The first kappa shape index (κ1) is 16.7. The second-order valence-electron chi connectivity index (χ2n) is 4.68. The number of hydrogen-bond donors (Lipinski definition) is 0. The molecule has 0 aliphatic carbocycles. The highest BCUT2D eigenvalue weighted by molar-refractivity contribution is 5.92. The molecule has 0 N–H and O–H groups in total. The Morgan fingerprint density at radius 3 is 2.48 bits per heavy atom. The van der Waals surface area contributed by atoms with E-state index in [2.05, 4.69) is 0 Å². The first-order valence-electron chi connectivity index (χ1n) is 7.29. The molecule has 0 saturated carbocycles. The molecule has 0 aliphatic rings. The van der Waals surface area contributed by atoms with Crippen molar-refractivity contribution in [3.05, 3.63) is 53.6 Å². The van der Waals surface area contributed by atoms with Crippen molar-refractivity contribution in [2.75, 3.05) is 20.8 Å². The summed E-state index contributed by atoms with van der Waals surface area (Å²) in [5.74, 6) is 1.37. The van der Waals surface area contributed by atoms with E-state index in [0.29, 0.717) is 29.4 Å². The predicted molar refractivity (Wildman–Crippen MR) is 86.3 cm³/mol. The van der Waals surface area contributed by atoms with Crippen molar-refractivity contribution in [2.24, 2.45) is 0 Å². The Balaban J connectivity index is 2.13. The van der Waals surface area contributed by atoms with Crippen molar-refractivity contribution in [3.8, 4) is 17.2 Å². The Kier molecular flexibility index (Phi) is 5.86. The van der Waals surface area contributed by atoms with Crippen LogP contribution in [0.2, 0.25) is 0 Å². The van der Waals surface area contributed by atoms with Crippen LogP contribution in [-0.4, -0.2) is 26.8 Å². The van der Waals surface area contributed by atoms with Gasteiger partial charge in [-0.25, -0.2) is 4.79 Å². The van der Waals surface area contributed by atoms with E-state index >= 15 is 0 Å². The average molecular weight is 316 g/mol. The molecule has 0 bridgehead atoms. The summed E-state index contributed by atoms with van der Waals surface area (Å²) in [7, 11) is 3.15. The van der Waals surface area contributed by atoms with Crippen LogP contribution < -0.4 is 14.2 Å². The lowest BCUT2D eigenvalue weighted by atomic mass is 10.2. The SMILES string of the molecule is CCOc1ccccc1C(=O)OCc1cc(OC)ccc1OC. The molecule has 0 atom stereocenters. The van der Waals surface area contributed by atoms with Crippen molar-refractivity contribution >= 4 is 5.97 Å². The second kappa shape index (κ2) is 8.08. The molecule has 23 heavy (non-hydrogen) atoms. The van der Waals surface area contributed by atoms with E-state index in [1.54, 1.807) is 50.6 Å². The molecule has 122 valence electrons. The molecule has 0 fully saturated rings. The van der Waals surface area contributed by atoms with Gasteiger partial charge in [0, 0.05) is 5.56 Å². The Labute approximate surface area is 135 Å². The van der Waals surface area contributed by atoms with Crippen molar-refractivity contribution in [1.82, 2.24) is 0 Å². The Morgan fingerprint density at radius 1 is 1.00 bits per heavy atom. The molecule has 5 heteroatoms. The zero-order valence-electron chi connectivity index (χ0n) is 13.5. The van der Waals surface area contributed by atoms with Gasteiger partial charge in [0.15, 0.2) is 0 Å². The maximum absolute atomic E-state index is 12.3. The van der Waals surface area contributed by atoms with Crippen LogP contribution in [0.3, 0.4) is 0 Å². The molecule has 0 unspecified atom stereocenters. The predicted octanol–water partition coefficient (Wildman–Crippen LogP) is 3.46. The van der Waals surface area contributed by atoms with Gasteiger partial charge in [-0.3, -0.25) is 0 Å². The van der Waals surface area contributed by atoms with Gasteiger partial charge in [0.2, 0.25) is 0 Å². The fraction of sp³-hybridized carbons (Fsp3) is 0.278. The van der Waals surface area contributed by atoms with Crippen LogP contribution in [0.25, 0.3) is 0 Å². The van der Waals surface area contributed by atoms with E-state index in [1.165, 1.54) is 0 Å². The highest BCUT2D eigenvalue weighted by atomic mass is 16.5. The van der Waals surface area contributed by atoms with Crippen LogP contribution in [0, 0.1) is 0 Å². The van der Waals surface area contributed by atoms with Gasteiger partial charge in [0.05, 0.1) is 20.8 Å². The number of ether oxygens (including phenoxy) is 4. The minimum atomic E-state index is -0.445. The summed E-state index contributed by atoms with van der Waals surface area (Å²) in [6.07, 6.45) is 0. The number of rotatable bonds is 7. The lowest BCUT2D eigenvalue weighted by Gasteiger charge is -2.12. The Morgan fingerprint density at radius 2 is 1.78 bits per heavy atom. The summed E-state index contributed by atoms with van der Waals surface area (Å²) in [4.78, 5) is 12.3. The van der Waals surface area contributed by atoms with Crippen LogP contribution in [0.4, 0.5) is 0 Å². The molecule has 0 radical (unpaired) electrons. The van der Waals surface area contributed by atoms with Gasteiger partial charge in [0.1, 0.15) is 29.4 Å². The Bertz CT molecular complexity index is 666. The summed E-state index contributed by atoms with van der Waals surface area (Å²) in [6.45, 7) is 2.43. The quantitative estimate of drug-likeness (QED) is 0.732. The van der Waals surface area contributed by atoms with Gasteiger partial charge in [-0.1, -0.05) is 12.1 Å². The van der Waals surface area contributed by atoms with E-state index < -0.39 is 5.97 Å². The summed E-state index contributed by atoms with van der Waals surface area (Å²) in [6, 6.07) is 12.3. The van der Waals surface area contributed by atoms with Crippen molar-refractivity contribution in [3.63, 3.8) is 0 Å². The summed E-state index contributed by atoms with van der Waals surface area (Å²) in [5.41, 5.74) is 1.13. The monoisotopic (exact) mass is 316 g/mol. The fourth-order valence-electron chi connectivity index (χ4n) is 2.13. The molecule has 2 aromatic rings. The van der Waals surface area contributed by atoms with Gasteiger partial charge in [0.25, 0.3) is 0 Å². The first-order valence-corrected chi connectivity index (χ1v) is 7.29. The third-order valence-corrected chi connectivity index (χ3v) is 3.25. The summed E-state index contributed by atoms with van der Waals surface area (Å²) >= 11 is 0. The fourth-order valence-corrected chi connectivity index (χ4v) is 2.13. The number of hydrogen-bond acceptors (Lipinski definition) is 5. The number of carbonyl (C=O) groups excluding carboxylic acids is 1.